The first-order chi connectivity index (χ1) is 24.1. The molecule has 53 heavy (non-hydrogen) atoms. The first-order valence-electron chi connectivity index (χ1n) is 17.8. The molecule has 0 saturated carbocycles. The van der Waals surface area contributed by atoms with Gasteiger partial charge in [0.1, 0.15) is 0 Å². The highest BCUT2D eigenvalue weighted by molar-refractivity contribution is 5.79. The van der Waals surface area contributed by atoms with Crippen LogP contribution in [0.4, 0.5) is 9.59 Å². The number of amidine groups is 2. The Kier molecular flexibility index (Phi) is 73.7. The van der Waals surface area contributed by atoms with Gasteiger partial charge in [-0.1, -0.05) is 53.4 Å². The standard InChI is InChI=1S/C5H12N2O.2C5H12N2.C4H9NO2.2C4H9NO.2C4H10.C3H8O/c1-6(2)5(8)7(3)4;2*1-5(6-2)7(3)4;1-5(2)4(6)7-3;2*1-4(6)5(2)3;3*1-3-4-2/h1-4H3;2*1-4H3;1-3H3;2*1-3H3;2*3-4H2,1-2H3;3H2,1-2H3. The van der Waals surface area contributed by atoms with Crippen LogP contribution in [-0.4, -0.2) is 203 Å². The van der Waals surface area contributed by atoms with Crippen LogP contribution in [0.15, 0.2) is 9.98 Å². The van der Waals surface area contributed by atoms with E-state index in [4.69, 9.17) is 0 Å². The molecule has 15 heteroatoms. The van der Waals surface area contributed by atoms with Crippen molar-refractivity contribution in [2.45, 2.75) is 88.0 Å². The molecule has 0 aliphatic rings. The van der Waals surface area contributed by atoms with E-state index in [9.17, 15) is 19.2 Å². The number of aliphatic imine (C=N–C) groups is 2. The van der Waals surface area contributed by atoms with E-state index in [0.717, 1.165) is 18.3 Å². The van der Waals surface area contributed by atoms with Gasteiger partial charge < -0.3 is 43.8 Å². The van der Waals surface area contributed by atoms with Crippen molar-refractivity contribution in [1.29, 1.82) is 0 Å². The van der Waals surface area contributed by atoms with Crippen LogP contribution >= 0.6 is 0 Å². The van der Waals surface area contributed by atoms with Gasteiger partial charge in [0.2, 0.25) is 11.8 Å². The van der Waals surface area contributed by atoms with E-state index in [2.05, 4.69) is 47.2 Å². The minimum absolute atomic E-state index is 0.0185. The summed E-state index contributed by atoms with van der Waals surface area (Å²) in [6.07, 6.45) is 4.96. The van der Waals surface area contributed by atoms with E-state index >= 15 is 0 Å². The summed E-state index contributed by atoms with van der Waals surface area (Å²) in [4.78, 5) is 60.3. The lowest BCUT2D eigenvalue weighted by Crippen LogP contribution is -2.33. The minimum Gasteiger partial charge on any atom is -0.453 e. The number of hydrogen-bond acceptors (Lipinski definition) is 8. The second kappa shape index (κ2) is 55.1. The fourth-order valence-corrected chi connectivity index (χ4v) is 0.983. The highest BCUT2D eigenvalue weighted by Gasteiger charge is 2.02. The van der Waals surface area contributed by atoms with Gasteiger partial charge in [0.05, 0.1) is 18.8 Å². The lowest BCUT2D eigenvalue weighted by Gasteiger charge is -2.16. The maximum Gasteiger partial charge on any atom is 0.408 e. The van der Waals surface area contributed by atoms with Gasteiger partial charge in [0.15, 0.2) is 0 Å². The van der Waals surface area contributed by atoms with Gasteiger partial charge >= 0.3 is 12.1 Å². The Balaban J connectivity index is -0.0000000593. The fourth-order valence-electron chi connectivity index (χ4n) is 0.983. The molecule has 0 rings (SSSR count). The van der Waals surface area contributed by atoms with Crippen molar-refractivity contribution in [2.24, 2.45) is 9.98 Å². The number of unbranched alkanes of at least 4 members (excludes halogenated alkanes) is 2. The maximum atomic E-state index is 10.7. The first-order valence-corrected chi connectivity index (χ1v) is 17.8. The SMILES string of the molecule is CC(=O)N(C)C.CC(=O)N(C)C.CCCC.CCCC.CCOC.CN(C)C(=O)N(C)C.CN=C(C)N(C)C.CN=C(C)N(C)C.COC(=O)N(C)C. The summed E-state index contributed by atoms with van der Waals surface area (Å²) in [5.74, 6) is 2.30. The average Bonchev–Trinajstić information content (AvgIpc) is 3.11. The molecule has 0 aromatic carbocycles. The lowest BCUT2D eigenvalue weighted by atomic mass is 10.4. The van der Waals surface area contributed by atoms with Crippen LogP contribution in [0.5, 0.6) is 0 Å². The quantitative estimate of drug-likeness (QED) is 0.245. The molecule has 0 unspecified atom stereocenters. The molecule has 0 heterocycles. The molecule has 0 aromatic rings. The molecule has 0 bridgehead atoms. The molecule has 0 radical (unpaired) electrons. The number of rotatable bonds is 3. The van der Waals surface area contributed by atoms with Gasteiger partial charge in [-0.25, -0.2) is 9.59 Å². The monoisotopic (exact) mass is 770 g/mol. The molecule has 5 amide bonds. The molecule has 15 nitrogen and oxygen atoms in total. The zero-order valence-electron chi connectivity index (χ0n) is 40.0. The lowest BCUT2D eigenvalue weighted by molar-refractivity contribution is -0.127. The number of carbonyl (C=O) groups is 4. The van der Waals surface area contributed by atoms with Crippen LogP contribution in [0.2, 0.25) is 0 Å². The van der Waals surface area contributed by atoms with Crippen molar-refractivity contribution < 1.29 is 28.7 Å². The topological polar surface area (TPSA) is 134 Å². The van der Waals surface area contributed by atoms with Crippen molar-refractivity contribution in [2.75, 3.05) is 134 Å². The predicted molar refractivity (Wildman–Crippen MR) is 232 cm³/mol. The second-order valence-electron chi connectivity index (χ2n) is 12.2. The highest BCUT2D eigenvalue weighted by atomic mass is 16.5. The van der Waals surface area contributed by atoms with E-state index in [0.29, 0.717) is 0 Å². The molecule has 0 N–H and O–H groups in total. The van der Waals surface area contributed by atoms with Gasteiger partial charge in [0.25, 0.3) is 0 Å². The van der Waals surface area contributed by atoms with Crippen LogP contribution in [0.3, 0.4) is 0 Å². The summed E-state index contributed by atoms with van der Waals surface area (Å²) in [5, 5.41) is 0. The van der Waals surface area contributed by atoms with Gasteiger partial charge in [-0.15, -0.1) is 0 Å². The Labute approximate surface area is 329 Å². The molecular formula is C38H91N9O6. The van der Waals surface area contributed by atoms with Crippen molar-refractivity contribution >= 4 is 35.6 Å². The van der Waals surface area contributed by atoms with Crippen LogP contribution in [0.25, 0.3) is 0 Å². The van der Waals surface area contributed by atoms with Crippen LogP contribution in [0, 0.1) is 0 Å². The average molecular weight is 770 g/mol. The molecule has 324 valence electrons. The molecule has 0 aliphatic heterocycles. The largest absolute Gasteiger partial charge is 0.453 e. The summed E-state index contributed by atoms with van der Waals surface area (Å²) >= 11 is 0. The minimum atomic E-state index is -0.319. The fraction of sp³-hybridized carbons (Fsp3) is 0.842. The van der Waals surface area contributed by atoms with Gasteiger partial charge in [0, 0.05) is 140 Å². The van der Waals surface area contributed by atoms with E-state index < -0.39 is 0 Å². The smallest absolute Gasteiger partial charge is 0.408 e. The predicted octanol–water partition coefficient (Wildman–Crippen LogP) is 6.19. The zero-order valence-corrected chi connectivity index (χ0v) is 40.0. The van der Waals surface area contributed by atoms with Gasteiger partial charge in [-0.05, 0) is 20.8 Å². The Morgan fingerprint density at radius 1 is 0.434 bits per heavy atom. The zero-order chi connectivity index (χ0) is 44.9. The maximum absolute atomic E-state index is 10.7. The Morgan fingerprint density at radius 3 is 0.642 bits per heavy atom. The summed E-state index contributed by atoms with van der Waals surface area (Å²) in [6, 6.07) is 0.0185. The van der Waals surface area contributed by atoms with Crippen molar-refractivity contribution in [3.05, 3.63) is 0 Å². The number of urea groups is 1. The molecule has 0 spiro atoms. The van der Waals surface area contributed by atoms with Gasteiger partial charge in [-0.2, -0.15) is 0 Å². The summed E-state index contributed by atoms with van der Waals surface area (Å²) in [5.41, 5.74) is 0. The molecule has 0 fully saturated rings. The third-order valence-corrected chi connectivity index (χ3v) is 5.79. The molecular weight excluding hydrogens is 678 g/mol. The highest BCUT2D eigenvalue weighted by Crippen LogP contribution is 1.83. The molecule has 0 aromatic heterocycles. The number of carbonyl (C=O) groups excluding carboxylic acids is 4. The summed E-state index contributed by atoms with van der Waals surface area (Å²) in [7, 11) is 31.6. The van der Waals surface area contributed by atoms with Crippen LogP contribution in [-0.2, 0) is 19.1 Å². The third kappa shape index (κ3) is 93.4. The number of ether oxygens (including phenoxy) is 2. The first kappa shape index (κ1) is 70.9. The van der Waals surface area contributed by atoms with Crippen LogP contribution in [0.1, 0.15) is 88.0 Å². The van der Waals surface area contributed by atoms with E-state index in [1.165, 1.54) is 71.1 Å². The van der Waals surface area contributed by atoms with Crippen molar-refractivity contribution in [3.63, 3.8) is 0 Å². The number of hydrogen-bond donors (Lipinski definition) is 0. The van der Waals surface area contributed by atoms with Crippen molar-refractivity contribution in [1.82, 2.24) is 34.3 Å². The summed E-state index contributed by atoms with van der Waals surface area (Å²) in [6.45, 7) is 18.5. The summed E-state index contributed by atoms with van der Waals surface area (Å²) < 4.78 is 8.84. The molecule has 0 aliphatic carbocycles. The van der Waals surface area contributed by atoms with E-state index in [1.54, 1.807) is 91.7 Å². The Morgan fingerprint density at radius 2 is 0.642 bits per heavy atom. The number of nitrogens with zero attached hydrogens (tertiary/aromatic N) is 9. The second-order valence-corrected chi connectivity index (χ2v) is 12.2. The van der Waals surface area contributed by atoms with E-state index in [1.807, 2.05) is 58.8 Å². The molecule has 0 saturated heterocycles. The van der Waals surface area contributed by atoms with Crippen molar-refractivity contribution in [3.8, 4) is 0 Å². The third-order valence-electron chi connectivity index (χ3n) is 5.79. The molecule has 0 atom stereocenters. The van der Waals surface area contributed by atoms with Gasteiger partial charge in [-0.3, -0.25) is 19.6 Å². The van der Waals surface area contributed by atoms with E-state index in [-0.39, 0.29) is 23.9 Å². The number of amides is 5. The number of methoxy groups -OCH3 is 2. The normalized spacial score (nSPS) is 8.89. The Hall–Kier alpha value is -3.62. The van der Waals surface area contributed by atoms with Crippen LogP contribution < -0.4 is 0 Å². The Bertz CT molecular complexity index is 781.